The minimum atomic E-state index is 0.399. The molecule has 4 heteroatoms. The summed E-state index contributed by atoms with van der Waals surface area (Å²) in [5.41, 5.74) is 1.18. The zero-order chi connectivity index (χ0) is 11.5. The third-order valence-corrected chi connectivity index (χ3v) is 2.51. The van der Waals surface area contributed by atoms with E-state index in [1.807, 2.05) is 0 Å². The molecule has 1 saturated carbocycles. The van der Waals surface area contributed by atoms with E-state index in [4.69, 9.17) is 0 Å². The number of rotatable bonds is 5. The predicted octanol–water partition coefficient (Wildman–Crippen LogP) is 2.61. The van der Waals surface area contributed by atoms with Crippen LogP contribution in [0.2, 0.25) is 0 Å². The Bertz CT molecular complexity index is 358. The van der Waals surface area contributed by atoms with Crippen LogP contribution >= 0.6 is 0 Å². The number of hydrogen-bond donors (Lipinski definition) is 2. The van der Waals surface area contributed by atoms with Gasteiger partial charge in [0.05, 0.1) is 5.69 Å². The van der Waals surface area contributed by atoms with E-state index in [9.17, 15) is 0 Å². The summed E-state index contributed by atoms with van der Waals surface area (Å²) in [6.45, 7) is 7.15. The lowest BCUT2D eigenvalue weighted by Crippen LogP contribution is -2.13. The van der Waals surface area contributed by atoms with Crippen LogP contribution in [0.4, 0.5) is 11.8 Å². The molecule has 0 saturated heterocycles. The van der Waals surface area contributed by atoms with Crippen LogP contribution in [0.3, 0.4) is 0 Å². The van der Waals surface area contributed by atoms with E-state index in [-0.39, 0.29) is 0 Å². The molecule has 0 aromatic carbocycles. The lowest BCUT2D eigenvalue weighted by atomic mass is 10.2. The molecule has 0 spiro atoms. The number of aromatic nitrogens is 2. The molecule has 0 aliphatic heterocycles. The van der Waals surface area contributed by atoms with Gasteiger partial charge in [0.1, 0.15) is 5.82 Å². The van der Waals surface area contributed by atoms with Crippen LogP contribution in [-0.2, 0) is 0 Å². The van der Waals surface area contributed by atoms with Crippen LogP contribution < -0.4 is 10.6 Å². The molecule has 4 nitrogen and oxygen atoms in total. The number of hydrogen-bond acceptors (Lipinski definition) is 4. The SMILES string of the molecule is CCNc1nc(NC(C)C)cc(C2CC2)n1. The Morgan fingerprint density at radius 3 is 2.69 bits per heavy atom. The van der Waals surface area contributed by atoms with Gasteiger partial charge in [0.2, 0.25) is 5.95 Å². The van der Waals surface area contributed by atoms with Crippen molar-refractivity contribution in [3.63, 3.8) is 0 Å². The standard InChI is InChI=1S/C12H20N4/c1-4-13-12-15-10(9-5-6-9)7-11(16-12)14-8(2)3/h7-9H,4-6H2,1-3H3,(H2,13,14,15,16). The van der Waals surface area contributed by atoms with Gasteiger partial charge in [-0.3, -0.25) is 0 Å². The number of anilines is 2. The Hall–Kier alpha value is -1.32. The van der Waals surface area contributed by atoms with E-state index in [1.165, 1.54) is 18.5 Å². The second-order valence-corrected chi connectivity index (χ2v) is 4.61. The molecule has 2 N–H and O–H groups in total. The molecule has 88 valence electrons. The summed E-state index contributed by atoms with van der Waals surface area (Å²) in [5.74, 6) is 2.34. The first-order chi connectivity index (χ1) is 7.69. The van der Waals surface area contributed by atoms with Gasteiger partial charge in [0.25, 0.3) is 0 Å². The summed E-state index contributed by atoms with van der Waals surface area (Å²) < 4.78 is 0. The number of nitrogens with one attached hydrogen (secondary N) is 2. The normalized spacial score (nSPS) is 15.2. The maximum atomic E-state index is 4.53. The summed E-state index contributed by atoms with van der Waals surface area (Å²) in [5, 5.41) is 6.52. The quantitative estimate of drug-likeness (QED) is 0.801. The Morgan fingerprint density at radius 2 is 2.12 bits per heavy atom. The molecule has 1 aromatic heterocycles. The summed E-state index contributed by atoms with van der Waals surface area (Å²) in [6, 6.07) is 2.48. The van der Waals surface area contributed by atoms with Crippen molar-refractivity contribution in [1.82, 2.24) is 9.97 Å². The van der Waals surface area contributed by atoms with Gasteiger partial charge < -0.3 is 10.6 Å². The lowest BCUT2D eigenvalue weighted by molar-refractivity contribution is 0.878. The fraction of sp³-hybridized carbons (Fsp3) is 0.667. The van der Waals surface area contributed by atoms with Gasteiger partial charge in [-0.2, -0.15) is 4.98 Å². The van der Waals surface area contributed by atoms with Crippen LogP contribution in [0.1, 0.15) is 45.2 Å². The Balaban J connectivity index is 2.21. The van der Waals surface area contributed by atoms with Gasteiger partial charge in [-0.1, -0.05) is 0 Å². The fourth-order valence-corrected chi connectivity index (χ4v) is 1.66. The van der Waals surface area contributed by atoms with Crippen molar-refractivity contribution in [2.75, 3.05) is 17.2 Å². The monoisotopic (exact) mass is 220 g/mol. The van der Waals surface area contributed by atoms with Gasteiger partial charge >= 0.3 is 0 Å². The van der Waals surface area contributed by atoms with Crippen molar-refractivity contribution in [1.29, 1.82) is 0 Å². The minimum absolute atomic E-state index is 0.399. The predicted molar refractivity (Wildman–Crippen MR) is 66.9 cm³/mol. The van der Waals surface area contributed by atoms with E-state index >= 15 is 0 Å². The molecule has 1 heterocycles. The zero-order valence-corrected chi connectivity index (χ0v) is 10.2. The van der Waals surface area contributed by atoms with Crippen molar-refractivity contribution in [2.24, 2.45) is 0 Å². The fourth-order valence-electron chi connectivity index (χ4n) is 1.66. The summed E-state index contributed by atoms with van der Waals surface area (Å²) >= 11 is 0. The minimum Gasteiger partial charge on any atom is -0.368 e. The van der Waals surface area contributed by atoms with E-state index in [2.05, 4.69) is 47.4 Å². The second kappa shape index (κ2) is 4.68. The van der Waals surface area contributed by atoms with Crippen molar-refractivity contribution in [3.05, 3.63) is 11.8 Å². The van der Waals surface area contributed by atoms with E-state index in [0.29, 0.717) is 12.0 Å². The first kappa shape index (κ1) is 11.2. The van der Waals surface area contributed by atoms with E-state index in [0.717, 1.165) is 18.3 Å². The van der Waals surface area contributed by atoms with Crippen LogP contribution in [0.5, 0.6) is 0 Å². The summed E-state index contributed by atoms with van der Waals surface area (Å²) in [4.78, 5) is 8.97. The molecular formula is C12H20N4. The third-order valence-electron chi connectivity index (χ3n) is 2.51. The van der Waals surface area contributed by atoms with Crippen LogP contribution in [0.25, 0.3) is 0 Å². The average molecular weight is 220 g/mol. The highest BCUT2D eigenvalue weighted by atomic mass is 15.1. The molecule has 1 aliphatic carbocycles. The second-order valence-electron chi connectivity index (χ2n) is 4.61. The van der Waals surface area contributed by atoms with Gasteiger partial charge in [0, 0.05) is 24.6 Å². The summed E-state index contributed by atoms with van der Waals surface area (Å²) in [7, 11) is 0. The Kier molecular flexibility index (Phi) is 3.27. The number of nitrogens with zero attached hydrogens (tertiary/aromatic N) is 2. The molecule has 0 unspecified atom stereocenters. The first-order valence-electron chi connectivity index (χ1n) is 6.08. The summed E-state index contributed by atoms with van der Waals surface area (Å²) in [6.07, 6.45) is 2.54. The Labute approximate surface area is 96.9 Å². The average Bonchev–Trinajstić information content (AvgIpc) is 2.99. The van der Waals surface area contributed by atoms with Gasteiger partial charge in [-0.15, -0.1) is 0 Å². The van der Waals surface area contributed by atoms with E-state index < -0.39 is 0 Å². The van der Waals surface area contributed by atoms with Crippen molar-refractivity contribution in [2.45, 2.75) is 45.6 Å². The third kappa shape index (κ3) is 2.84. The van der Waals surface area contributed by atoms with Gasteiger partial charge in [-0.25, -0.2) is 4.98 Å². The molecule has 1 aromatic rings. The molecule has 0 amide bonds. The molecule has 2 rings (SSSR count). The zero-order valence-electron chi connectivity index (χ0n) is 10.2. The van der Waals surface area contributed by atoms with E-state index in [1.54, 1.807) is 0 Å². The highest BCUT2D eigenvalue weighted by Gasteiger charge is 2.26. The molecule has 0 bridgehead atoms. The lowest BCUT2D eigenvalue weighted by Gasteiger charge is -2.12. The molecule has 0 radical (unpaired) electrons. The maximum Gasteiger partial charge on any atom is 0.224 e. The first-order valence-corrected chi connectivity index (χ1v) is 6.08. The Morgan fingerprint density at radius 1 is 1.38 bits per heavy atom. The highest BCUT2D eigenvalue weighted by Crippen LogP contribution is 2.39. The maximum absolute atomic E-state index is 4.53. The van der Waals surface area contributed by atoms with Gasteiger partial charge in [-0.05, 0) is 33.6 Å². The van der Waals surface area contributed by atoms with Crippen LogP contribution in [-0.4, -0.2) is 22.6 Å². The van der Waals surface area contributed by atoms with Gasteiger partial charge in [0.15, 0.2) is 0 Å². The van der Waals surface area contributed by atoms with Crippen molar-refractivity contribution < 1.29 is 0 Å². The largest absolute Gasteiger partial charge is 0.368 e. The smallest absolute Gasteiger partial charge is 0.224 e. The topological polar surface area (TPSA) is 49.8 Å². The molecule has 1 aliphatic rings. The van der Waals surface area contributed by atoms with Crippen molar-refractivity contribution in [3.8, 4) is 0 Å². The highest BCUT2D eigenvalue weighted by molar-refractivity contribution is 5.44. The molecule has 1 fully saturated rings. The van der Waals surface area contributed by atoms with Crippen molar-refractivity contribution >= 4 is 11.8 Å². The molecular weight excluding hydrogens is 200 g/mol. The molecule has 16 heavy (non-hydrogen) atoms. The van der Waals surface area contributed by atoms with Crippen LogP contribution in [0, 0.1) is 0 Å². The van der Waals surface area contributed by atoms with Crippen LogP contribution in [0.15, 0.2) is 6.07 Å². The molecule has 0 atom stereocenters.